The Balaban J connectivity index is 4.23. The average molecular weight is 895 g/mol. The van der Waals surface area contributed by atoms with Crippen LogP contribution in [0, 0.1) is 0 Å². The van der Waals surface area contributed by atoms with Crippen LogP contribution >= 0.6 is 0 Å². The van der Waals surface area contributed by atoms with Gasteiger partial charge in [-0.3, -0.25) is 14.4 Å². The Morgan fingerprint density at radius 2 is 0.609 bits per heavy atom. The van der Waals surface area contributed by atoms with Crippen LogP contribution in [0.1, 0.15) is 271 Å². The second-order valence-electron chi connectivity index (χ2n) is 18.1. The Bertz CT molecular complexity index is 1170. The third-order valence-corrected chi connectivity index (χ3v) is 11.8. The summed E-state index contributed by atoms with van der Waals surface area (Å²) in [6, 6.07) is 0. The van der Waals surface area contributed by atoms with Gasteiger partial charge in [-0.1, -0.05) is 229 Å². The molecule has 0 saturated heterocycles. The molecule has 6 nitrogen and oxygen atoms in total. The second kappa shape index (κ2) is 52.7. The zero-order chi connectivity index (χ0) is 46.5. The van der Waals surface area contributed by atoms with Crippen LogP contribution in [0.2, 0.25) is 0 Å². The summed E-state index contributed by atoms with van der Waals surface area (Å²) in [4.78, 5) is 37.9. The zero-order valence-electron chi connectivity index (χ0n) is 42.3. The highest BCUT2D eigenvalue weighted by Crippen LogP contribution is 2.15. The number of ether oxygens (including phenoxy) is 3. The van der Waals surface area contributed by atoms with Crippen LogP contribution < -0.4 is 0 Å². The van der Waals surface area contributed by atoms with Crippen molar-refractivity contribution in [2.24, 2.45) is 0 Å². The number of unbranched alkanes of at least 4 members (excludes halogenated alkanes) is 28. The molecule has 0 aromatic rings. The molecule has 6 heteroatoms. The van der Waals surface area contributed by atoms with Gasteiger partial charge in [-0.05, 0) is 83.5 Å². The van der Waals surface area contributed by atoms with Crippen LogP contribution in [0.3, 0.4) is 0 Å². The van der Waals surface area contributed by atoms with Gasteiger partial charge < -0.3 is 14.2 Å². The fraction of sp³-hybridized carbons (Fsp3) is 0.776. The maximum Gasteiger partial charge on any atom is 0.306 e. The van der Waals surface area contributed by atoms with E-state index in [1.807, 2.05) is 0 Å². The Kier molecular flexibility index (Phi) is 50.4. The van der Waals surface area contributed by atoms with Crippen molar-refractivity contribution in [3.63, 3.8) is 0 Å². The van der Waals surface area contributed by atoms with Crippen LogP contribution in [-0.4, -0.2) is 37.2 Å². The van der Waals surface area contributed by atoms with E-state index in [1.54, 1.807) is 0 Å². The SMILES string of the molecule is CC/C=C\C/C=C\C/C=C\C/C=C\CCCCCCCCCCC(=O)OCC(COC(=O)CCCCCCCCC)OC(=O)CCCCCCCCC/C=C\CCCCCCCCC. The van der Waals surface area contributed by atoms with E-state index >= 15 is 0 Å². The van der Waals surface area contributed by atoms with Crippen LogP contribution in [0.4, 0.5) is 0 Å². The lowest BCUT2D eigenvalue weighted by Crippen LogP contribution is -2.30. The minimum Gasteiger partial charge on any atom is -0.462 e. The lowest BCUT2D eigenvalue weighted by atomic mass is 10.1. The molecule has 0 saturated carbocycles. The zero-order valence-corrected chi connectivity index (χ0v) is 42.3. The molecule has 1 unspecified atom stereocenters. The summed E-state index contributed by atoms with van der Waals surface area (Å²) in [5.41, 5.74) is 0. The van der Waals surface area contributed by atoms with Gasteiger partial charge in [-0.2, -0.15) is 0 Å². The minimum absolute atomic E-state index is 0.0773. The molecule has 0 aromatic heterocycles. The molecule has 0 radical (unpaired) electrons. The first-order chi connectivity index (χ1) is 31.5. The molecule has 0 aliphatic carbocycles. The molecule has 0 amide bonds. The fourth-order valence-electron chi connectivity index (χ4n) is 7.66. The second-order valence-corrected chi connectivity index (χ2v) is 18.1. The van der Waals surface area contributed by atoms with Crippen LogP contribution in [0.5, 0.6) is 0 Å². The molecule has 0 aliphatic heterocycles. The van der Waals surface area contributed by atoms with Gasteiger partial charge in [0.15, 0.2) is 6.10 Å². The molecule has 0 heterocycles. The first-order valence-electron chi connectivity index (χ1n) is 27.3. The molecule has 0 aliphatic rings. The number of allylic oxidation sites excluding steroid dienone is 10. The fourth-order valence-corrected chi connectivity index (χ4v) is 7.66. The van der Waals surface area contributed by atoms with E-state index in [2.05, 4.69) is 81.5 Å². The van der Waals surface area contributed by atoms with E-state index in [9.17, 15) is 14.4 Å². The molecule has 0 aromatic carbocycles. The molecule has 0 bridgehead atoms. The Morgan fingerprint density at radius 1 is 0.328 bits per heavy atom. The summed E-state index contributed by atoms with van der Waals surface area (Å²) in [5, 5.41) is 0. The van der Waals surface area contributed by atoms with Gasteiger partial charge in [0.05, 0.1) is 0 Å². The predicted molar refractivity (Wildman–Crippen MR) is 275 cm³/mol. The summed E-state index contributed by atoms with van der Waals surface area (Å²) in [5.74, 6) is -0.890. The highest BCUT2D eigenvalue weighted by molar-refractivity contribution is 5.71. The van der Waals surface area contributed by atoms with Crippen molar-refractivity contribution < 1.29 is 28.6 Å². The van der Waals surface area contributed by atoms with Crippen molar-refractivity contribution in [2.45, 2.75) is 277 Å². The van der Waals surface area contributed by atoms with Crippen molar-refractivity contribution in [3.8, 4) is 0 Å². The van der Waals surface area contributed by atoms with Crippen molar-refractivity contribution in [2.75, 3.05) is 13.2 Å². The minimum atomic E-state index is -0.776. The summed E-state index contributed by atoms with van der Waals surface area (Å²) in [6.45, 7) is 6.49. The molecule has 64 heavy (non-hydrogen) atoms. The molecule has 0 spiro atoms. The maximum absolute atomic E-state index is 12.8. The third-order valence-electron chi connectivity index (χ3n) is 11.8. The van der Waals surface area contributed by atoms with Crippen molar-refractivity contribution in [1.82, 2.24) is 0 Å². The molecule has 0 rings (SSSR count). The van der Waals surface area contributed by atoms with Gasteiger partial charge >= 0.3 is 17.9 Å². The lowest BCUT2D eigenvalue weighted by Gasteiger charge is -2.18. The van der Waals surface area contributed by atoms with Crippen LogP contribution in [-0.2, 0) is 28.6 Å². The van der Waals surface area contributed by atoms with E-state index in [0.717, 1.165) is 89.9 Å². The normalized spacial score (nSPS) is 12.5. The highest BCUT2D eigenvalue weighted by Gasteiger charge is 2.19. The average Bonchev–Trinajstić information content (AvgIpc) is 3.29. The van der Waals surface area contributed by atoms with Gasteiger partial charge in [-0.25, -0.2) is 0 Å². The molecular formula is C58H102O6. The van der Waals surface area contributed by atoms with Crippen molar-refractivity contribution >= 4 is 17.9 Å². The molecule has 370 valence electrons. The van der Waals surface area contributed by atoms with E-state index in [1.165, 1.54) is 141 Å². The molecule has 0 fully saturated rings. The Labute approximate surface area is 396 Å². The van der Waals surface area contributed by atoms with Crippen molar-refractivity contribution in [3.05, 3.63) is 60.8 Å². The topological polar surface area (TPSA) is 78.9 Å². The first-order valence-corrected chi connectivity index (χ1v) is 27.3. The first kappa shape index (κ1) is 61.1. The van der Waals surface area contributed by atoms with E-state index in [-0.39, 0.29) is 31.1 Å². The van der Waals surface area contributed by atoms with Gasteiger partial charge in [0, 0.05) is 19.3 Å². The maximum atomic E-state index is 12.8. The van der Waals surface area contributed by atoms with Gasteiger partial charge in [0.1, 0.15) is 13.2 Å². The van der Waals surface area contributed by atoms with Crippen molar-refractivity contribution in [1.29, 1.82) is 0 Å². The third kappa shape index (κ3) is 50.1. The monoisotopic (exact) mass is 895 g/mol. The number of carbonyl (C=O) groups is 3. The van der Waals surface area contributed by atoms with Crippen LogP contribution in [0.15, 0.2) is 60.8 Å². The van der Waals surface area contributed by atoms with E-state index in [0.29, 0.717) is 19.3 Å². The number of rotatable bonds is 49. The molecular weight excluding hydrogens is 793 g/mol. The summed E-state index contributed by atoms with van der Waals surface area (Å²) in [7, 11) is 0. The van der Waals surface area contributed by atoms with E-state index in [4.69, 9.17) is 14.2 Å². The van der Waals surface area contributed by atoms with Gasteiger partial charge in [0.2, 0.25) is 0 Å². The molecule has 1 atom stereocenters. The van der Waals surface area contributed by atoms with E-state index < -0.39 is 6.10 Å². The van der Waals surface area contributed by atoms with Gasteiger partial charge in [-0.15, -0.1) is 0 Å². The summed E-state index contributed by atoms with van der Waals surface area (Å²) >= 11 is 0. The smallest absolute Gasteiger partial charge is 0.306 e. The summed E-state index contributed by atoms with van der Waals surface area (Å²) in [6.07, 6.45) is 65.1. The summed E-state index contributed by atoms with van der Waals surface area (Å²) < 4.78 is 16.8. The number of esters is 3. The van der Waals surface area contributed by atoms with Gasteiger partial charge in [0.25, 0.3) is 0 Å². The highest BCUT2D eigenvalue weighted by atomic mass is 16.6. The van der Waals surface area contributed by atoms with Crippen LogP contribution in [0.25, 0.3) is 0 Å². The number of hydrogen-bond donors (Lipinski definition) is 0. The number of hydrogen-bond acceptors (Lipinski definition) is 6. The Hall–Kier alpha value is -2.89. The quantitative estimate of drug-likeness (QED) is 0.0262. The number of carbonyl (C=O) groups excluding carboxylic acids is 3. The molecule has 0 N–H and O–H groups in total. The Morgan fingerprint density at radius 3 is 0.969 bits per heavy atom. The largest absolute Gasteiger partial charge is 0.462 e. The standard InChI is InChI=1S/C58H102O6/c1-4-7-10-13-16-18-20-22-24-26-28-29-30-32-33-35-37-39-42-45-48-51-57(60)63-54-55(53-62-56(59)50-47-44-41-15-12-9-6-3)64-58(61)52-49-46-43-40-38-36-34-31-27-25-23-21-19-17-14-11-8-5-2/h7,10,16,18,22,24-25,27-29,55H,4-6,8-9,11-15,17,19-21,23,26,30-54H2,1-3H3/b10-7-,18-16-,24-22-,27-25-,29-28-. The lowest BCUT2D eigenvalue weighted by molar-refractivity contribution is -0.167. The predicted octanol–water partition coefficient (Wildman–Crippen LogP) is 18.0.